The fraction of sp³-hybridized carbons (Fsp3) is 0.373. The Bertz CT molecular complexity index is 2220. The number of benzene rings is 6. The van der Waals surface area contributed by atoms with E-state index in [-0.39, 0.29) is 36.6 Å². The van der Waals surface area contributed by atoms with E-state index in [4.69, 9.17) is 37.9 Å². The van der Waals surface area contributed by atoms with Crippen LogP contribution >= 0.6 is 0 Å². The maximum absolute atomic E-state index is 6.23. The van der Waals surface area contributed by atoms with Gasteiger partial charge < -0.3 is 37.9 Å². The highest BCUT2D eigenvalue weighted by atomic mass is 16.6. The Morgan fingerprint density at radius 3 is 1.31 bits per heavy atom. The third-order valence-corrected chi connectivity index (χ3v) is 11.6. The van der Waals surface area contributed by atoms with E-state index in [1.807, 2.05) is 27.7 Å². The maximum atomic E-state index is 6.23. The molecule has 6 aromatic carbocycles. The van der Waals surface area contributed by atoms with Crippen LogP contribution in [0.3, 0.4) is 0 Å². The summed E-state index contributed by atoms with van der Waals surface area (Å²) in [7, 11) is 0. The normalized spacial score (nSPS) is 19.5. The fourth-order valence-electron chi connectivity index (χ4n) is 8.21. The highest BCUT2D eigenvalue weighted by Gasteiger charge is 2.46. The molecule has 1 aliphatic carbocycles. The first-order valence-electron chi connectivity index (χ1n) is 21.1. The molecule has 8 nitrogen and oxygen atoms in total. The Kier molecular flexibility index (Phi) is 11.7. The van der Waals surface area contributed by atoms with E-state index in [1.165, 1.54) is 33.4 Å². The zero-order valence-electron chi connectivity index (χ0n) is 34.4. The Labute approximate surface area is 347 Å². The minimum Gasteiger partial charge on any atom is -0.491 e. The van der Waals surface area contributed by atoms with Gasteiger partial charge in [0.25, 0.3) is 0 Å². The molecule has 0 bridgehead atoms. The molecule has 9 rings (SSSR count). The quantitative estimate of drug-likeness (QED) is 0.0707. The van der Waals surface area contributed by atoms with Crippen molar-refractivity contribution < 1.29 is 37.9 Å². The second kappa shape index (κ2) is 17.4. The lowest BCUT2D eigenvalue weighted by Gasteiger charge is -2.34. The summed E-state index contributed by atoms with van der Waals surface area (Å²) in [5.41, 5.74) is 7.00. The van der Waals surface area contributed by atoms with E-state index in [9.17, 15) is 0 Å². The van der Waals surface area contributed by atoms with Crippen molar-refractivity contribution in [2.45, 2.75) is 69.7 Å². The number of hydrogen-bond donors (Lipinski definition) is 0. The highest BCUT2D eigenvalue weighted by Crippen LogP contribution is 2.56. The van der Waals surface area contributed by atoms with Gasteiger partial charge in [-0.3, -0.25) is 0 Å². The largest absolute Gasteiger partial charge is 0.491 e. The lowest BCUT2D eigenvalue weighted by atomic mass is 9.67. The molecule has 0 spiro atoms. The van der Waals surface area contributed by atoms with E-state index in [0.717, 1.165) is 46.3 Å². The van der Waals surface area contributed by atoms with E-state index >= 15 is 0 Å². The van der Waals surface area contributed by atoms with Crippen LogP contribution < -0.4 is 9.47 Å². The molecule has 2 fully saturated rings. The molecule has 2 heterocycles. The second-order valence-corrected chi connectivity index (χ2v) is 16.4. The average molecular weight is 795 g/mol. The first-order valence-corrected chi connectivity index (χ1v) is 21.1. The smallest absolute Gasteiger partial charge is 0.120 e. The maximum Gasteiger partial charge on any atom is 0.120 e. The van der Waals surface area contributed by atoms with Gasteiger partial charge in [0.15, 0.2) is 0 Å². The van der Waals surface area contributed by atoms with Crippen molar-refractivity contribution in [2.24, 2.45) is 0 Å². The van der Waals surface area contributed by atoms with Crippen molar-refractivity contribution in [3.63, 3.8) is 0 Å². The molecule has 6 unspecified atom stereocenters. The van der Waals surface area contributed by atoms with Gasteiger partial charge in [0, 0.05) is 0 Å². The van der Waals surface area contributed by atoms with Crippen LogP contribution in [0, 0.1) is 0 Å². The van der Waals surface area contributed by atoms with E-state index in [0.29, 0.717) is 39.6 Å². The standard InChI is InChI=1S/C51H54O8/c1-33(54-29-45-31-58-45)25-52-35(3)27-56-43-19-15-37-21-41(17-13-39(37)23-43)51(49-11-7-5-9-47(49)48-10-6-8-12-50(48)51)42-18-14-40-24-44(20-16-38(40)22-42)57-28-36(4)53-26-34(2)55-30-46-32-59-46/h5-24,33-36,45-46H,25-32H2,1-4H3. The first kappa shape index (κ1) is 39.6. The van der Waals surface area contributed by atoms with Crippen LogP contribution in [0.2, 0.25) is 0 Å². The molecule has 6 aromatic rings. The van der Waals surface area contributed by atoms with Gasteiger partial charge in [0.1, 0.15) is 36.9 Å². The van der Waals surface area contributed by atoms with Crippen molar-refractivity contribution >= 4 is 21.5 Å². The summed E-state index contributed by atoms with van der Waals surface area (Å²) in [6, 6.07) is 44.2. The Balaban J connectivity index is 0.951. The van der Waals surface area contributed by atoms with Gasteiger partial charge >= 0.3 is 0 Å². The Morgan fingerprint density at radius 2 is 0.864 bits per heavy atom. The van der Waals surface area contributed by atoms with Gasteiger partial charge in [-0.25, -0.2) is 0 Å². The third-order valence-electron chi connectivity index (χ3n) is 11.6. The molecule has 6 atom stereocenters. The van der Waals surface area contributed by atoms with Gasteiger partial charge in [-0.1, -0.05) is 84.9 Å². The van der Waals surface area contributed by atoms with Gasteiger partial charge in [0.2, 0.25) is 0 Å². The molecule has 2 aliphatic heterocycles. The summed E-state index contributed by atoms with van der Waals surface area (Å²) in [5.74, 6) is 1.64. The molecule has 0 N–H and O–H groups in total. The lowest BCUT2D eigenvalue weighted by molar-refractivity contribution is -0.0451. The first-order chi connectivity index (χ1) is 28.8. The van der Waals surface area contributed by atoms with E-state index < -0.39 is 5.41 Å². The molecule has 3 aliphatic rings. The summed E-state index contributed by atoms with van der Waals surface area (Å²) < 4.78 is 46.6. The van der Waals surface area contributed by atoms with Crippen molar-refractivity contribution in [3.05, 3.63) is 144 Å². The highest BCUT2D eigenvalue weighted by molar-refractivity contribution is 5.92. The summed E-state index contributed by atoms with van der Waals surface area (Å²) in [5, 5.41) is 4.55. The van der Waals surface area contributed by atoms with Crippen molar-refractivity contribution in [1.82, 2.24) is 0 Å². The van der Waals surface area contributed by atoms with Crippen LogP contribution in [-0.2, 0) is 33.8 Å². The zero-order chi connectivity index (χ0) is 40.3. The molecule has 2 saturated heterocycles. The molecule has 0 amide bonds. The van der Waals surface area contributed by atoms with Crippen molar-refractivity contribution in [3.8, 4) is 22.6 Å². The van der Waals surface area contributed by atoms with E-state index in [2.05, 4.69) is 121 Å². The van der Waals surface area contributed by atoms with Crippen LogP contribution in [0.4, 0.5) is 0 Å². The predicted molar refractivity (Wildman–Crippen MR) is 231 cm³/mol. The molecular weight excluding hydrogens is 741 g/mol. The molecule has 306 valence electrons. The summed E-state index contributed by atoms with van der Waals surface area (Å²) in [6.07, 6.45) is 0.372. The Hall–Kier alpha value is -4.80. The fourth-order valence-corrected chi connectivity index (χ4v) is 8.21. The number of fused-ring (bicyclic) bond motifs is 5. The molecule has 0 aromatic heterocycles. The zero-order valence-corrected chi connectivity index (χ0v) is 34.4. The topological polar surface area (TPSA) is 80.4 Å². The van der Waals surface area contributed by atoms with Gasteiger partial charge in [-0.05, 0) is 119 Å². The second-order valence-electron chi connectivity index (χ2n) is 16.4. The van der Waals surface area contributed by atoms with Crippen LogP contribution in [0.5, 0.6) is 11.5 Å². The monoisotopic (exact) mass is 794 g/mol. The van der Waals surface area contributed by atoms with E-state index in [1.54, 1.807) is 0 Å². The summed E-state index contributed by atoms with van der Waals surface area (Å²) >= 11 is 0. The van der Waals surface area contributed by atoms with Crippen LogP contribution in [0.1, 0.15) is 49.9 Å². The van der Waals surface area contributed by atoms with Crippen LogP contribution in [0.25, 0.3) is 32.7 Å². The number of rotatable bonds is 20. The van der Waals surface area contributed by atoms with Gasteiger partial charge in [-0.2, -0.15) is 0 Å². The lowest BCUT2D eigenvalue weighted by Crippen LogP contribution is -2.28. The SMILES string of the molecule is CC(COc1ccc2cc(C3(c4ccc5cc(OCC(C)OCC(C)OCC6CO6)ccc5c4)c4ccccc4-c4ccccc43)ccc2c1)OCC(C)OCC1CO1. The van der Waals surface area contributed by atoms with Crippen molar-refractivity contribution in [1.29, 1.82) is 0 Å². The molecule has 0 radical (unpaired) electrons. The third kappa shape index (κ3) is 8.90. The van der Waals surface area contributed by atoms with Crippen molar-refractivity contribution in [2.75, 3.05) is 52.9 Å². The predicted octanol–water partition coefficient (Wildman–Crippen LogP) is 9.53. The molecule has 8 heteroatoms. The minimum absolute atomic E-state index is 0.00841. The van der Waals surface area contributed by atoms with Gasteiger partial charge in [0.05, 0.1) is 69.5 Å². The average Bonchev–Trinajstić information content (AvgIpc) is 4.22. The molecule has 0 saturated carbocycles. The summed E-state index contributed by atoms with van der Waals surface area (Å²) in [6.45, 7) is 12.9. The minimum atomic E-state index is -0.529. The van der Waals surface area contributed by atoms with Crippen LogP contribution in [0.15, 0.2) is 121 Å². The molecular formula is C51H54O8. The van der Waals surface area contributed by atoms with Crippen LogP contribution in [-0.4, -0.2) is 89.5 Å². The Morgan fingerprint density at radius 1 is 0.475 bits per heavy atom. The number of ether oxygens (including phenoxy) is 8. The summed E-state index contributed by atoms with van der Waals surface area (Å²) in [4.78, 5) is 0. The molecule has 59 heavy (non-hydrogen) atoms. The number of hydrogen-bond acceptors (Lipinski definition) is 8. The van der Waals surface area contributed by atoms with Gasteiger partial charge in [-0.15, -0.1) is 0 Å². The number of epoxide rings is 2.